The summed E-state index contributed by atoms with van der Waals surface area (Å²) in [6.07, 6.45) is 2.01. The standard InChI is InChI=1S/C12H15BrO2S/c1-4-15-11-6-5-9(16-3)7-10(11)12(13)8(2)14/h5-7,12H,4H2,1-3H3. The average Bonchev–Trinajstić information content (AvgIpc) is 2.29. The molecule has 0 fully saturated rings. The number of hydrogen-bond donors (Lipinski definition) is 0. The molecule has 0 bridgehead atoms. The van der Waals surface area contributed by atoms with Gasteiger partial charge in [-0.2, -0.15) is 0 Å². The van der Waals surface area contributed by atoms with E-state index in [2.05, 4.69) is 15.9 Å². The van der Waals surface area contributed by atoms with Crippen LogP contribution in [0.15, 0.2) is 23.1 Å². The highest BCUT2D eigenvalue weighted by atomic mass is 79.9. The first-order chi connectivity index (χ1) is 7.60. The lowest BCUT2D eigenvalue weighted by molar-refractivity contribution is -0.116. The van der Waals surface area contributed by atoms with Crippen molar-refractivity contribution in [2.24, 2.45) is 0 Å². The van der Waals surface area contributed by atoms with Gasteiger partial charge in [0.05, 0.1) is 6.61 Å². The van der Waals surface area contributed by atoms with Gasteiger partial charge < -0.3 is 4.74 Å². The minimum atomic E-state index is -0.291. The van der Waals surface area contributed by atoms with Crippen LogP contribution < -0.4 is 4.74 Å². The first-order valence-corrected chi connectivity index (χ1v) is 7.19. The van der Waals surface area contributed by atoms with Crippen molar-refractivity contribution >= 4 is 33.5 Å². The third kappa shape index (κ3) is 3.25. The Kier molecular flexibility index (Phi) is 5.35. The highest BCUT2D eigenvalue weighted by molar-refractivity contribution is 9.09. The number of hydrogen-bond acceptors (Lipinski definition) is 3. The van der Waals surface area contributed by atoms with E-state index >= 15 is 0 Å². The molecule has 0 saturated heterocycles. The van der Waals surface area contributed by atoms with Crippen molar-refractivity contribution < 1.29 is 9.53 Å². The summed E-state index contributed by atoms with van der Waals surface area (Å²) in [5.41, 5.74) is 0.904. The van der Waals surface area contributed by atoms with Crippen LogP contribution in [0.4, 0.5) is 0 Å². The van der Waals surface area contributed by atoms with Gasteiger partial charge in [0.25, 0.3) is 0 Å². The van der Waals surface area contributed by atoms with Crippen LogP contribution in [0.3, 0.4) is 0 Å². The highest BCUT2D eigenvalue weighted by Gasteiger charge is 2.18. The Labute approximate surface area is 109 Å². The fourth-order valence-electron chi connectivity index (χ4n) is 1.36. The summed E-state index contributed by atoms with van der Waals surface area (Å²) >= 11 is 5.05. The molecule has 88 valence electrons. The van der Waals surface area contributed by atoms with Crippen molar-refractivity contribution in [3.8, 4) is 5.75 Å². The van der Waals surface area contributed by atoms with E-state index in [9.17, 15) is 4.79 Å². The molecule has 1 unspecified atom stereocenters. The van der Waals surface area contributed by atoms with E-state index in [1.54, 1.807) is 18.7 Å². The Hall–Kier alpha value is -0.480. The summed E-state index contributed by atoms with van der Waals surface area (Å²) in [6.45, 7) is 4.10. The first-order valence-electron chi connectivity index (χ1n) is 5.05. The molecule has 1 aromatic rings. The number of halogens is 1. The van der Waals surface area contributed by atoms with Crippen LogP contribution in [0.2, 0.25) is 0 Å². The smallest absolute Gasteiger partial charge is 0.147 e. The molecule has 1 aromatic carbocycles. The lowest BCUT2D eigenvalue weighted by atomic mass is 10.1. The molecule has 0 heterocycles. The topological polar surface area (TPSA) is 26.3 Å². The predicted molar refractivity (Wildman–Crippen MR) is 71.7 cm³/mol. The number of Topliss-reactive ketones (excluding diaryl/α,β-unsaturated/α-hetero) is 1. The summed E-state index contributed by atoms with van der Waals surface area (Å²) < 4.78 is 5.52. The number of ketones is 1. The molecule has 1 rings (SSSR count). The van der Waals surface area contributed by atoms with Crippen molar-refractivity contribution in [2.75, 3.05) is 12.9 Å². The zero-order chi connectivity index (χ0) is 12.1. The molecule has 0 spiro atoms. The van der Waals surface area contributed by atoms with Crippen LogP contribution in [-0.4, -0.2) is 18.6 Å². The van der Waals surface area contributed by atoms with Gasteiger partial charge >= 0.3 is 0 Å². The maximum Gasteiger partial charge on any atom is 0.147 e. The minimum absolute atomic E-state index is 0.0826. The SMILES string of the molecule is CCOc1ccc(SC)cc1C(Br)C(C)=O. The normalized spacial score (nSPS) is 12.2. The van der Waals surface area contributed by atoms with E-state index in [1.807, 2.05) is 31.4 Å². The average molecular weight is 303 g/mol. The lowest BCUT2D eigenvalue weighted by Gasteiger charge is -2.14. The van der Waals surface area contributed by atoms with Gasteiger partial charge in [-0.15, -0.1) is 11.8 Å². The van der Waals surface area contributed by atoms with Crippen molar-refractivity contribution in [3.63, 3.8) is 0 Å². The molecular weight excluding hydrogens is 288 g/mol. The van der Waals surface area contributed by atoms with E-state index in [0.717, 1.165) is 16.2 Å². The van der Waals surface area contributed by atoms with Crippen LogP contribution in [0.5, 0.6) is 5.75 Å². The first kappa shape index (κ1) is 13.6. The largest absolute Gasteiger partial charge is 0.494 e. The van der Waals surface area contributed by atoms with Crippen LogP contribution in [0, 0.1) is 0 Å². The van der Waals surface area contributed by atoms with Gasteiger partial charge in [-0.25, -0.2) is 0 Å². The fourth-order valence-corrected chi connectivity index (χ4v) is 2.16. The number of carbonyl (C=O) groups excluding carboxylic acids is 1. The van der Waals surface area contributed by atoms with E-state index in [4.69, 9.17) is 4.74 Å². The number of thioether (sulfide) groups is 1. The second kappa shape index (κ2) is 6.30. The Morgan fingerprint density at radius 3 is 2.75 bits per heavy atom. The maximum atomic E-state index is 11.4. The lowest BCUT2D eigenvalue weighted by Crippen LogP contribution is -2.05. The molecule has 0 amide bonds. The number of benzene rings is 1. The molecule has 4 heteroatoms. The van der Waals surface area contributed by atoms with Gasteiger partial charge in [-0.05, 0) is 38.3 Å². The molecule has 0 radical (unpaired) electrons. The van der Waals surface area contributed by atoms with Crippen molar-refractivity contribution in [1.82, 2.24) is 0 Å². The summed E-state index contributed by atoms with van der Waals surface area (Å²) in [4.78, 5) is 12.2. The van der Waals surface area contributed by atoms with Crippen LogP contribution in [0.1, 0.15) is 24.2 Å². The second-order valence-electron chi connectivity index (χ2n) is 3.31. The van der Waals surface area contributed by atoms with E-state index in [0.29, 0.717) is 6.61 Å². The van der Waals surface area contributed by atoms with Gasteiger partial charge in [-0.1, -0.05) is 15.9 Å². The van der Waals surface area contributed by atoms with Gasteiger partial charge in [0.1, 0.15) is 16.4 Å². The Bertz CT molecular complexity index is 379. The Balaban J connectivity index is 3.14. The monoisotopic (exact) mass is 302 g/mol. The van der Waals surface area contributed by atoms with E-state index in [-0.39, 0.29) is 10.6 Å². The number of carbonyl (C=O) groups is 1. The molecule has 16 heavy (non-hydrogen) atoms. The fraction of sp³-hybridized carbons (Fsp3) is 0.417. The molecule has 1 atom stereocenters. The molecule has 0 aromatic heterocycles. The summed E-state index contributed by atoms with van der Waals surface area (Å²) in [5.74, 6) is 0.858. The molecule has 0 saturated carbocycles. The van der Waals surface area contributed by atoms with Crippen molar-refractivity contribution in [1.29, 1.82) is 0 Å². The third-order valence-corrected chi connectivity index (χ3v) is 4.01. The van der Waals surface area contributed by atoms with Crippen molar-refractivity contribution in [2.45, 2.75) is 23.6 Å². The molecule has 2 nitrogen and oxygen atoms in total. The zero-order valence-corrected chi connectivity index (χ0v) is 12.0. The van der Waals surface area contributed by atoms with Crippen LogP contribution in [-0.2, 0) is 4.79 Å². The maximum absolute atomic E-state index is 11.4. The van der Waals surface area contributed by atoms with Gasteiger partial charge in [0.15, 0.2) is 0 Å². The third-order valence-electron chi connectivity index (χ3n) is 2.15. The van der Waals surface area contributed by atoms with Crippen LogP contribution in [0.25, 0.3) is 0 Å². The number of ether oxygens (including phenoxy) is 1. The molecule has 0 aliphatic carbocycles. The quantitative estimate of drug-likeness (QED) is 0.611. The zero-order valence-electron chi connectivity index (χ0n) is 9.62. The van der Waals surface area contributed by atoms with Gasteiger partial charge in [0, 0.05) is 10.5 Å². The number of alkyl halides is 1. The Morgan fingerprint density at radius 2 is 2.25 bits per heavy atom. The van der Waals surface area contributed by atoms with Gasteiger partial charge in [0.2, 0.25) is 0 Å². The molecule has 0 aliphatic heterocycles. The predicted octanol–water partition coefficient (Wildman–Crippen LogP) is 3.83. The summed E-state index contributed by atoms with van der Waals surface area (Å²) in [5, 5.41) is 0. The summed E-state index contributed by atoms with van der Waals surface area (Å²) in [6, 6.07) is 5.91. The Morgan fingerprint density at radius 1 is 1.56 bits per heavy atom. The summed E-state index contributed by atoms with van der Waals surface area (Å²) in [7, 11) is 0. The van der Waals surface area contributed by atoms with E-state index in [1.165, 1.54) is 0 Å². The van der Waals surface area contributed by atoms with Crippen molar-refractivity contribution in [3.05, 3.63) is 23.8 Å². The van der Waals surface area contributed by atoms with E-state index < -0.39 is 0 Å². The molecule has 0 N–H and O–H groups in total. The second-order valence-corrected chi connectivity index (χ2v) is 5.11. The minimum Gasteiger partial charge on any atom is -0.494 e. The highest BCUT2D eigenvalue weighted by Crippen LogP contribution is 2.34. The van der Waals surface area contributed by atoms with Crippen LogP contribution >= 0.6 is 27.7 Å². The number of rotatable bonds is 5. The molecule has 0 aliphatic rings. The van der Waals surface area contributed by atoms with Gasteiger partial charge in [-0.3, -0.25) is 4.79 Å². The molecular formula is C12H15BrO2S.